The van der Waals surface area contributed by atoms with Gasteiger partial charge in [-0.2, -0.15) is 0 Å². The summed E-state index contributed by atoms with van der Waals surface area (Å²) in [5, 5.41) is 8.10. The summed E-state index contributed by atoms with van der Waals surface area (Å²) in [7, 11) is 0. The van der Waals surface area contributed by atoms with E-state index in [0.717, 1.165) is 10.8 Å². The van der Waals surface area contributed by atoms with Crippen LogP contribution in [0.25, 0.3) is 0 Å². The van der Waals surface area contributed by atoms with Gasteiger partial charge in [0, 0.05) is 5.25 Å². The maximum Gasteiger partial charge on any atom is 0.326 e. The van der Waals surface area contributed by atoms with Crippen molar-refractivity contribution in [1.29, 1.82) is 0 Å². The molecule has 7 heteroatoms. The third-order valence-corrected chi connectivity index (χ3v) is 4.87. The molecule has 0 saturated heterocycles. The zero-order valence-electron chi connectivity index (χ0n) is 9.59. The van der Waals surface area contributed by atoms with Crippen LogP contribution in [0.5, 0.6) is 0 Å². The molecule has 17 heavy (non-hydrogen) atoms. The van der Waals surface area contributed by atoms with Crippen LogP contribution in [0.15, 0.2) is 9.85 Å². The highest BCUT2D eigenvalue weighted by Crippen LogP contribution is 2.39. The van der Waals surface area contributed by atoms with Gasteiger partial charge in [0.2, 0.25) is 0 Å². The molecule has 1 aromatic rings. The minimum atomic E-state index is -0.807. The molecule has 0 aliphatic heterocycles. The van der Waals surface area contributed by atoms with Crippen LogP contribution in [0.2, 0.25) is 0 Å². The van der Waals surface area contributed by atoms with Crippen molar-refractivity contribution in [1.82, 2.24) is 10.2 Å². The van der Waals surface area contributed by atoms with E-state index in [-0.39, 0.29) is 5.97 Å². The zero-order valence-corrected chi connectivity index (χ0v) is 11.2. The van der Waals surface area contributed by atoms with E-state index in [0.29, 0.717) is 24.7 Å². The number of thioether (sulfide) groups is 1. The Balaban J connectivity index is 1.92. The lowest BCUT2D eigenvalue weighted by Gasteiger charge is -2.21. The van der Waals surface area contributed by atoms with E-state index in [1.54, 1.807) is 24.2 Å². The van der Waals surface area contributed by atoms with Crippen molar-refractivity contribution < 1.29 is 9.53 Å². The molecule has 2 unspecified atom stereocenters. The van der Waals surface area contributed by atoms with Gasteiger partial charge in [-0.05, 0) is 26.2 Å². The molecule has 1 aromatic heterocycles. The normalized spacial score (nSPS) is 28.2. The number of hydrogen-bond acceptors (Lipinski definition) is 7. The van der Waals surface area contributed by atoms with Crippen molar-refractivity contribution in [2.75, 3.05) is 6.61 Å². The highest BCUT2D eigenvalue weighted by Gasteiger charge is 2.43. The van der Waals surface area contributed by atoms with Crippen molar-refractivity contribution in [2.45, 2.75) is 41.3 Å². The Bertz CT molecular complexity index is 385. The smallest absolute Gasteiger partial charge is 0.326 e. The number of hydrogen-bond donors (Lipinski definition) is 1. The SMILES string of the molecule is CCOC(=O)C1(N)CCC(Sc2nncs2)C1. The largest absolute Gasteiger partial charge is 0.465 e. The number of carbonyl (C=O) groups is 1. The second-order valence-electron chi connectivity index (χ2n) is 4.06. The van der Waals surface area contributed by atoms with E-state index in [9.17, 15) is 4.79 Å². The average molecular weight is 273 g/mol. The van der Waals surface area contributed by atoms with Gasteiger partial charge in [0.1, 0.15) is 11.0 Å². The second kappa shape index (κ2) is 5.32. The molecular weight excluding hydrogens is 258 g/mol. The molecule has 0 amide bonds. The third-order valence-electron chi connectivity index (χ3n) is 2.79. The Kier molecular flexibility index (Phi) is 4.01. The number of rotatable bonds is 4. The van der Waals surface area contributed by atoms with Crippen molar-refractivity contribution in [3.05, 3.63) is 5.51 Å². The first-order chi connectivity index (χ1) is 8.14. The first kappa shape index (κ1) is 12.8. The fraction of sp³-hybridized carbons (Fsp3) is 0.700. The number of carbonyl (C=O) groups excluding carboxylic acids is 1. The minimum absolute atomic E-state index is 0.277. The predicted molar refractivity (Wildman–Crippen MR) is 67.0 cm³/mol. The van der Waals surface area contributed by atoms with E-state index in [4.69, 9.17) is 10.5 Å². The number of nitrogens with zero attached hydrogens (tertiary/aromatic N) is 2. The van der Waals surface area contributed by atoms with E-state index >= 15 is 0 Å². The molecule has 1 aliphatic rings. The molecule has 0 spiro atoms. The van der Waals surface area contributed by atoms with Crippen LogP contribution in [0.4, 0.5) is 0 Å². The van der Waals surface area contributed by atoms with Crippen molar-refractivity contribution >= 4 is 29.1 Å². The van der Waals surface area contributed by atoms with Gasteiger partial charge in [0.25, 0.3) is 0 Å². The van der Waals surface area contributed by atoms with Crippen molar-refractivity contribution in [3.63, 3.8) is 0 Å². The van der Waals surface area contributed by atoms with Gasteiger partial charge in [-0.1, -0.05) is 23.1 Å². The standard InChI is InChI=1S/C10H15N3O2S2/c1-2-15-8(14)10(11)4-3-7(5-10)17-9-13-12-6-16-9/h6-7H,2-5,11H2,1H3. The van der Waals surface area contributed by atoms with E-state index in [1.807, 2.05) is 0 Å². The summed E-state index contributed by atoms with van der Waals surface area (Å²) in [5.74, 6) is -0.277. The summed E-state index contributed by atoms with van der Waals surface area (Å²) in [6.45, 7) is 2.18. The quantitative estimate of drug-likeness (QED) is 0.836. The zero-order chi connectivity index (χ0) is 12.3. The molecule has 94 valence electrons. The lowest BCUT2D eigenvalue weighted by atomic mass is 10.00. The monoisotopic (exact) mass is 273 g/mol. The van der Waals surface area contributed by atoms with Crippen LogP contribution in [-0.4, -0.2) is 33.6 Å². The summed E-state index contributed by atoms with van der Waals surface area (Å²) >= 11 is 3.17. The minimum Gasteiger partial charge on any atom is -0.465 e. The Morgan fingerprint density at radius 1 is 1.82 bits per heavy atom. The van der Waals surface area contributed by atoms with Gasteiger partial charge >= 0.3 is 5.97 Å². The van der Waals surface area contributed by atoms with Gasteiger partial charge in [-0.25, -0.2) is 0 Å². The van der Waals surface area contributed by atoms with Crippen LogP contribution in [0.3, 0.4) is 0 Å². The molecule has 2 N–H and O–H groups in total. The van der Waals surface area contributed by atoms with Crippen LogP contribution in [0.1, 0.15) is 26.2 Å². The molecule has 2 atom stereocenters. The Hall–Kier alpha value is -0.660. The maximum absolute atomic E-state index is 11.7. The van der Waals surface area contributed by atoms with Gasteiger partial charge in [-0.3, -0.25) is 4.79 Å². The molecular formula is C10H15N3O2S2. The summed E-state index contributed by atoms with van der Waals surface area (Å²) in [5.41, 5.74) is 6.99. The van der Waals surface area contributed by atoms with Crippen LogP contribution >= 0.6 is 23.1 Å². The summed E-state index contributed by atoms with van der Waals surface area (Å²) in [6.07, 6.45) is 2.25. The Labute approximate surface area is 108 Å². The van der Waals surface area contributed by atoms with Gasteiger partial charge in [0.15, 0.2) is 4.34 Å². The highest BCUT2D eigenvalue weighted by molar-refractivity contribution is 8.01. The topological polar surface area (TPSA) is 78.1 Å². The van der Waals surface area contributed by atoms with Crippen molar-refractivity contribution in [3.8, 4) is 0 Å². The summed E-state index contributed by atoms with van der Waals surface area (Å²) in [6, 6.07) is 0. The van der Waals surface area contributed by atoms with E-state index < -0.39 is 5.54 Å². The average Bonchev–Trinajstić information content (AvgIpc) is 2.91. The molecule has 0 bridgehead atoms. The summed E-state index contributed by atoms with van der Waals surface area (Å²) < 4.78 is 5.95. The summed E-state index contributed by atoms with van der Waals surface area (Å²) in [4.78, 5) is 11.7. The molecule has 0 radical (unpaired) electrons. The number of nitrogens with two attached hydrogens (primary N) is 1. The van der Waals surface area contributed by atoms with E-state index in [2.05, 4.69) is 10.2 Å². The first-order valence-electron chi connectivity index (χ1n) is 5.53. The fourth-order valence-electron chi connectivity index (χ4n) is 1.95. The lowest BCUT2D eigenvalue weighted by molar-refractivity contribution is -0.149. The molecule has 5 nitrogen and oxygen atoms in total. The first-order valence-corrected chi connectivity index (χ1v) is 7.29. The highest BCUT2D eigenvalue weighted by atomic mass is 32.2. The van der Waals surface area contributed by atoms with Crippen LogP contribution in [-0.2, 0) is 9.53 Å². The van der Waals surface area contributed by atoms with Crippen LogP contribution in [0, 0.1) is 0 Å². The molecule has 0 aromatic carbocycles. The van der Waals surface area contributed by atoms with Gasteiger partial charge < -0.3 is 10.5 Å². The Morgan fingerprint density at radius 3 is 3.29 bits per heavy atom. The van der Waals surface area contributed by atoms with Gasteiger partial charge in [0.05, 0.1) is 6.61 Å². The molecule has 1 aliphatic carbocycles. The van der Waals surface area contributed by atoms with E-state index in [1.165, 1.54) is 11.3 Å². The lowest BCUT2D eigenvalue weighted by Crippen LogP contribution is -2.47. The number of ether oxygens (including phenoxy) is 1. The third kappa shape index (κ3) is 2.97. The molecule has 1 heterocycles. The fourth-order valence-corrected chi connectivity index (χ4v) is 3.98. The maximum atomic E-state index is 11.7. The van der Waals surface area contributed by atoms with Crippen molar-refractivity contribution in [2.24, 2.45) is 5.73 Å². The van der Waals surface area contributed by atoms with Crippen LogP contribution < -0.4 is 5.73 Å². The number of esters is 1. The predicted octanol–water partition coefficient (Wildman–Crippen LogP) is 1.44. The molecule has 2 rings (SSSR count). The second-order valence-corrected chi connectivity index (χ2v) is 6.44. The van der Waals surface area contributed by atoms with Gasteiger partial charge in [-0.15, -0.1) is 10.2 Å². The number of aromatic nitrogens is 2. The molecule has 1 fully saturated rings. The Morgan fingerprint density at radius 2 is 2.65 bits per heavy atom. The molecule has 1 saturated carbocycles.